The van der Waals surface area contributed by atoms with Gasteiger partial charge in [-0.25, -0.2) is 0 Å². The minimum Gasteiger partial charge on any atom is -0.462 e. The van der Waals surface area contributed by atoms with Gasteiger partial charge in [0.2, 0.25) is 0 Å². The van der Waals surface area contributed by atoms with Gasteiger partial charge in [0.15, 0.2) is 0 Å². The second kappa shape index (κ2) is 8.96. The lowest BCUT2D eigenvalue weighted by atomic mass is 9.51. The van der Waals surface area contributed by atoms with Gasteiger partial charge in [-0.05, 0) is 61.7 Å². The molecular weight excluding hydrogens is 406 g/mol. The fourth-order valence-electron chi connectivity index (χ4n) is 6.73. The summed E-state index contributed by atoms with van der Waals surface area (Å²) < 4.78 is 6.20. The van der Waals surface area contributed by atoms with E-state index in [1.165, 1.54) is 24.0 Å². The second-order valence-corrected chi connectivity index (χ2v) is 9.99. The average molecular weight is 438 g/mol. The van der Waals surface area contributed by atoms with Gasteiger partial charge in [0.1, 0.15) is 6.10 Å². The monoisotopic (exact) mass is 437 g/mol. The molecule has 0 unspecified atom stereocenters. The molecule has 4 aliphatic rings. The van der Waals surface area contributed by atoms with Gasteiger partial charge >= 0.3 is 5.97 Å². The number of carbonyl (C=O) groups is 1. The van der Waals surface area contributed by atoms with Crippen LogP contribution in [0.2, 0.25) is 0 Å². The van der Waals surface area contributed by atoms with E-state index in [0.717, 1.165) is 32.4 Å². The topological polar surface area (TPSA) is 29.5 Å². The number of fused-ring (bicyclic) bond motifs is 3. The predicted molar refractivity (Wildman–Crippen MR) is 124 cm³/mol. The minimum absolute atomic E-state index is 0.0609. The van der Waals surface area contributed by atoms with Gasteiger partial charge in [0, 0.05) is 23.8 Å². The van der Waals surface area contributed by atoms with Crippen molar-refractivity contribution in [3.05, 3.63) is 71.8 Å². The summed E-state index contributed by atoms with van der Waals surface area (Å²) >= 11 is 5.86. The summed E-state index contributed by atoms with van der Waals surface area (Å²) in [5.74, 6) is 1.25. The van der Waals surface area contributed by atoms with Crippen LogP contribution in [0.25, 0.3) is 0 Å². The van der Waals surface area contributed by atoms with Crippen molar-refractivity contribution < 1.29 is 9.53 Å². The van der Waals surface area contributed by atoms with E-state index in [2.05, 4.69) is 65.6 Å². The average Bonchev–Trinajstić information content (AvgIpc) is 3.36. The lowest BCUT2D eigenvalue weighted by Crippen LogP contribution is -2.62. The van der Waals surface area contributed by atoms with Crippen molar-refractivity contribution >= 4 is 17.6 Å². The molecule has 4 heteroatoms. The van der Waals surface area contributed by atoms with Crippen LogP contribution in [0.15, 0.2) is 60.7 Å². The van der Waals surface area contributed by atoms with Gasteiger partial charge < -0.3 is 4.74 Å². The van der Waals surface area contributed by atoms with Crippen molar-refractivity contribution in [1.82, 2.24) is 4.90 Å². The van der Waals surface area contributed by atoms with Crippen molar-refractivity contribution in [2.24, 2.45) is 5.92 Å². The van der Waals surface area contributed by atoms with Crippen molar-refractivity contribution in [2.45, 2.75) is 62.0 Å². The first kappa shape index (κ1) is 21.0. The standard InChI is InChI=1S/C27H32ClNO2/c28-14-13-25(30)31-24-19-27(29-15-7-8-16-29)17-22(20-9-3-1-4-10-20)26(24)23(18-27)21-11-5-2-6-12-21/h1-6,9-12,22-24,26H,7-8,13-19H2/t22-,23-,24-,26?,27?/m0/s1. The Labute approximate surface area is 190 Å². The smallest absolute Gasteiger partial charge is 0.307 e. The van der Waals surface area contributed by atoms with Crippen LogP contribution in [0.1, 0.15) is 61.5 Å². The van der Waals surface area contributed by atoms with E-state index in [1.807, 2.05) is 0 Å². The van der Waals surface area contributed by atoms with Crippen LogP contribution in [-0.4, -0.2) is 41.5 Å². The van der Waals surface area contributed by atoms with E-state index in [9.17, 15) is 4.79 Å². The molecule has 2 bridgehead atoms. The number of rotatable bonds is 6. The molecule has 1 heterocycles. The summed E-state index contributed by atoms with van der Waals surface area (Å²) in [4.78, 5) is 15.3. The quantitative estimate of drug-likeness (QED) is 0.426. The molecule has 0 N–H and O–H groups in total. The Morgan fingerprint density at radius 1 is 0.903 bits per heavy atom. The van der Waals surface area contributed by atoms with Crippen LogP contribution >= 0.6 is 11.6 Å². The molecule has 3 atom stereocenters. The highest BCUT2D eigenvalue weighted by atomic mass is 35.5. The maximum atomic E-state index is 12.6. The van der Waals surface area contributed by atoms with E-state index in [4.69, 9.17) is 16.3 Å². The number of hydrogen-bond donors (Lipinski definition) is 0. The van der Waals surface area contributed by atoms with Crippen molar-refractivity contribution in [3.8, 4) is 0 Å². The molecule has 0 amide bonds. The molecular formula is C27H32ClNO2. The Bertz CT molecular complexity index is 831. The lowest BCUT2D eigenvalue weighted by molar-refractivity contribution is -0.167. The molecule has 3 saturated carbocycles. The zero-order chi connectivity index (χ0) is 21.3. The molecule has 6 rings (SSSR count). The van der Waals surface area contributed by atoms with Crippen molar-refractivity contribution in [3.63, 3.8) is 0 Å². The van der Waals surface area contributed by atoms with Gasteiger partial charge in [-0.1, -0.05) is 60.7 Å². The number of carbonyl (C=O) groups excluding carboxylic acids is 1. The van der Waals surface area contributed by atoms with Crippen LogP contribution in [0, 0.1) is 5.92 Å². The van der Waals surface area contributed by atoms with Crippen molar-refractivity contribution in [1.29, 1.82) is 0 Å². The largest absolute Gasteiger partial charge is 0.462 e. The first-order chi connectivity index (χ1) is 15.2. The fourth-order valence-corrected chi connectivity index (χ4v) is 6.89. The maximum absolute atomic E-state index is 12.6. The molecule has 1 aliphatic heterocycles. The third-order valence-corrected chi connectivity index (χ3v) is 8.14. The van der Waals surface area contributed by atoms with Crippen LogP contribution < -0.4 is 0 Å². The molecule has 0 aromatic heterocycles. The van der Waals surface area contributed by atoms with Gasteiger partial charge in [0.05, 0.1) is 6.42 Å². The van der Waals surface area contributed by atoms with Gasteiger partial charge in [-0.2, -0.15) is 0 Å². The normalized spacial score (nSPS) is 32.8. The molecule has 3 aliphatic carbocycles. The third-order valence-electron chi connectivity index (χ3n) is 7.95. The Kier molecular flexibility index (Phi) is 6.08. The molecule has 0 spiro atoms. The number of ether oxygens (including phenoxy) is 1. The SMILES string of the molecule is O=C(CCCl)O[C@H]1CC2(N3CCCC3)C[C@@H](c3ccccc3)C1[C@H](c1ccccc1)C2. The molecule has 0 radical (unpaired) electrons. The number of esters is 1. The molecule has 2 aromatic carbocycles. The molecule has 3 nitrogen and oxygen atoms in total. The first-order valence-corrected chi connectivity index (χ1v) is 12.3. The number of benzene rings is 2. The van der Waals surface area contributed by atoms with Gasteiger partial charge in [-0.3, -0.25) is 9.69 Å². The highest BCUT2D eigenvalue weighted by Gasteiger charge is 2.59. The third kappa shape index (κ3) is 4.03. The summed E-state index contributed by atoms with van der Waals surface area (Å²) in [7, 11) is 0. The van der Waals surface area contributed by atoms with Crippen LogP contribution in [0.4, 0.5) is 0 Å². The van der Waals surface area contributed by atoms with E-state index in [1.54, 1.807) is 0 Å². The molecule has 31 heavy (non-hydrogen) atoms. The molecule has 4 fully saturated rings. The van der Waals surface area contributed by atoms with E-state index in [-0.39, 0.29) is 24.0 Å². The second-order valence-electron chi connectivity index (χ2n) is 9.61. The summed E-state index contributed by atoms with van der Waals surface area (Å²) in [6.45, 7) is 2.33. The first-order valence-electron chi connectivity index (χ1n) is 11.8. The summed E-state index contributed by atoms with van der Waals surface area (Å²) in [5.41, 5.74) is 2.86. The highest BCUT2D eigenvalue weighted by Crippen LogP contribution is 2.60. The molecule has 1 saturated heterocycles. The zero-order valence-corrected chi connectivity index (χ0v) is 18.8. The number of halogens is 1. The predicted octanol–water partition coefficient (Wildman–Crippen LogP) is 5.74. The van der Waals surface area contributed by atoms with Crippen molar-refractivity contribution in [2.75, 3.05) is 19.0 Å². The van der Waals surface area contributed by atoms with Gasteiger partial charge in [-0.15, -0.1) is 11.6 Å². The van der Waals surface area contributed by atoms with Crippen LogP contribution in [-0.2, 0) is 9.53 Å². The molecule has 164 valence electrons. The number of likely N-dealkylation sites (tertiary alicyclic amines) is 1. The lowest BCUT2D eigenvalue weighted by Gasteiger charge is -2.61. The zero-order valence-electron chi connectivity index (χ0n) is 18.1. The molecule has 2 aromatic rings. The Morgan fingerprint density at radius 3 is 1.97 bits per heavy atom. The van der Waals surface area contributed by atoms with Crippen LogP contribution in [0.5, 0.6) is 0 Å². The maximum Gasteiger partial charge on any atom is 0.307 e. The van der Waals surface area contributed by atoms with E-state index < -0.39 is 0 Å². The minimum atomic E-state index is -0.150. The number of hydrogen-bond acceptors (Lipinski definition) is 3. The summed E-state index contributed by atoms with van der Waals surface area (Å²) in [5, 5.41) is 0. The number of nitrogens with zero attached hydrogens (tertiary/aromatic N) is 1. The Morgan fingerprint density at radius 2 is 1.45 bits per heavy atom. The van der Waals surface area contributed by atoms with Crippen LogP contribution in [0.3, 0.4) is 0 Å². The summed E-state index contributed by atoms with van der Waals surface area (Å²) in [6, 6.07) is 21.8. The Hall–Kier alpha value is -1.84. The fraction of sp³-hybridized carbons (Fsp3) is 0.519. The van der Waals surface area contributed by atoms with E-state index in [0.29, 0.717) is 23.6 Å². The van der Waals surface area contributed by atoms with E-state index >= 15 is 0 Å². The van der Waals surface area contributed by atoms with Gasteiger partial charge in [0.25, 0.3) is 0 Å². The highest BCUT2D eigenvalue weighted by molar-refractivity contribution is 6.18. The Balaban J connectivity index is 1.58. The summed E-state index contributed by atoms with van der Waals surface area (Å²) in [6.07, 6.45) is 6.05. The number of alkyl halides is 1.